The van der Waals surface area contributed by atoms with Gasteiger partial charge in [0.2, 0.25) is 5.78 Å². The van der Waals surface area contributed by atoms with E-state index in [1.807, 2.05) is 59.9 Å². The highest BCUT2D eigenvalue weighted by molar-refractivity contribution is 7.98. The maximum atomic E-state index is 14.1. The smallest absolute Gasteiger partial charge is 0.268 e. The van der Waals surface area contributed by atoms with Crippen LogP contribution >= 0.6 is 34.7 Å². The van der Waals surface area contributed by atoms with E-state index < -0.39 is 0 Å². The number of hydrogen-bond acceptors (Lipinski definition) is 6. The molecule has 0 amide bonds. The van der Waals surface area contributed by atoms with E-state index in [-0.39, 0.29) is 11.7 Å². The molecule has 184 valence electrons. The summed E-state index contributed by atoms with van der Waals surface area (Å²) in [5.41, 5.74) is 3.94. The van der Waals surface area contributed by atoms with Gasteiger partial charge in [0.25, 0.3) is 5.56 Å². The van der Waals surface area contributed by atoms with Crippen LogP contribution in [0.25, 0.3) is 21.7 Å². The molecule has 0 bridgehead atoms. The van der Waals surface area contributed by atoms with Gasteiger partial charge < -0.3 is 4.74 Å². The Kier molecular flexibility index (Phi) is 6.16. The summed E-state index contributed by atoms with van der Waals surface area (Å²) in [4.78, 5) is 16.1. The summed E-state index contributed by atoms with van der Waals surface area (Å²) in [7, 11) is 0. The van der Waals surface area contributed by atoms with Crippen LogP contribution in [-0.4, -0.2) is 25.3 Å². The van der Waals surface area contributed by atoms with Crippen LogP contribution in [0, 0.1) is 12.8 Å². The Morgan fingerprint density at radius 1 is 1.19 bits per heavy atom. The maximum Gasteiger partial charge on any atom is 0.268 e. The zero-order valence-corrected chi connectivity index (χ0v) is 22.6. The van der Waals surface area contributed by atoms with Crippen molar-refractivity contribution in [2.45, 2.75) is 50.8 Å². The normalized spacial score (nSPS) is 15.8. The Labute approximate surface area is 221 Å². The third-order valence-electron chi connectivity index (χ3n) is 6.66. The number of ether oxygens (including phenoxy) is 1. The van der Waals surface area contributed by atoms with Gasteiger partial charge in [-0.25, -0.2) is 8.97 Å². The molecule has 6 nitrogen and oxygen atoms in total. The minimum atomic E-state index is -0.0555. The number of aryl methyl sites for hydroxylation is 1. The largest absolute Gasteiger partial charge is 0.372 e. The van der Waals surface area contributed by atoms with Gasteiger partial charge in [0.15, 0.2) is 5.16 Å². The molecule has 0 N–H and O–H groups in total. The molecule has 0 unspecified atom stereocenters. The first kappa shape index (κ1) is 23.7. The molecule has 1 aliphatic heterocycles. The molecule has 9 heteroatoms. The minimum absolute atomic E-state index is 0.0555. The Hall–Kier alpha value is -2.65. The quantitative estimate of drug-likeness (QED) is 0.242. The van der Waals surface area contributed by atoms with E-state index in [0.29, 0.717) is 24.1 Å². The summed E-state index contributed by atoms with van der Waals surface area (Å²) in [6, 6.07) is 15.8. The van der Waals surface area contributed by atoms with E-state index in [2.05, 4.69) is 24.0 Å². The van der Waals surface area contributed by atoms with Crippen LogP contribution in [0.2, 0.25) is 5.02 Å². The van der Waals surface area contributed by atoms with Gasteiger partial charge in [-0.1, -0.05) is 67.5 Å². The monoisotopic (exact) mass is 536 g/mol. The molecule has 5 aromatic rings. The zero-order valence-electron chi connectivity index (χ0n) is 20.2. The van der Waals surface area contributed by atoms with Crippen molar-refractivity contribution < 1.29 is 4.74 Å². The van der Waals surface area contributed by atoms with Crippen LogP contribution in [0.4, 0.5) is 0 Å². The molecule has 0 saturated heterocycles. The number of fused-ring (bicyclic) bond motifs is 5. The Balaban J connectivity index is 1.59. The van der Waals surface area contributed by atoms with Gasteiger partial charge >= 0.3 is 0 Å². The molecule has 1 atom stereocenters. The van der Waals surface area contributed by atoms with Crippen LogP contribution in [0.5, 0.6) is 0 Å². The maximum absolute atomic E-state index is 14.1. The molecule has 0 fully saturated rings. The number of hydrogen-bond donors (Lipinski definition) is 0. The van der Waals surface area contributed by atoms with Crippen LogP contribution in [0.3, 0.4) is 0 Å². The summed E-state index contributed by atoms with van der Waals surface area (Å²) in [6.45, 7) is 6.87. The van der Waals surface area contributed by atoms with Crippen molar-refractivity contribution in [2.24, 2.45) is 5.92 Å². The molecule has 0 spiro atoms. The number of thiophene rings is 1. The van der Waals surface area contributed by atoms with Crippen molar-refractivity contribution in [3.05, 3.63) is 85.5 Å². The Morgan fingerprint density at radius 3 is 2.81 bits per heavy atom. The molecule has 2 aromatic carbocycles. The third kappa shape index (κ3) is 3.96. The van der Waals surface area contributed by atoms with Crippen LogP contribution in [-0.2, 0) is 23.5 Å². The van der Waals surface area contributed by atoms with Gasteiger partial charge in [0, 0.05) is 22.1 Å². The summed E-state index contributed by atoms with van der Waals surface area (Å²) < 4.78 is 9.89. The lowest BCUT2D eigenvalue weighted by Gasteiger charge is -2.26. The van der Waals surface area contributed by atoms with Gasteiger partial charge in [-0.05, 0) is 47.7 Å². The van der Waals surface area contributed by atoms with Crippen molar-refractivity contribution in [3.63, 3.8) is 0 Å². The fraction of sp³-hybridized carbons (Fsp3) is 0.296. The highest BCUT2D eigenvalue weighted by Crippen LogP contribution is 2.38. The second-order valence-corrected chi connectivity index (χ2v) is 11.9. The summed E-state index contributed by atoms with van der Waals surface area (Å²) in [6.07, 6.45) is 0.819. The van der Waals surface area contributed by atoms with E-state index in [1.165, 1.54) is 0 Å². The SMILES string of the molecule is Cc1cccc(-n2c(=O)c3c4c(sc3n3c(SCc5ccccc5Cl)nnc23)CO[C@@H](C(C)C)C4)c1. The lowest BCUT2D eigenvalue weighted by Crippen LogP contribution is -2.28. The van der Waals surface area contributed by atoms with E-state index in [4.69, 9.17) is 16.3 Å². The van der Waals surface area contributed by atoms with Gasteiger partial charge in [0.1, 0.15) is 4.83 Å². The van der Waals surface area contributed by atoms with Crippen molar-refractivity contribution in [1.82, 2.24) is 19.2 Å². The van der Waals surface area contributed by atoms with Crippen LogP contribution < -0.4 is 5.56 Å². The number of nitrogens with zero attached hydrogens (tertiary/aromatic N) is 4. The van der Waals surface area contributed by atoms with Crippen LogP contribution in [0.1, 0.15) is 35.4 Å². The number of rotatable bonds is 5. The lowest BCUT2D eigenvalue weighted by molar-refractivity contribution is 0.00200. The first-order valence-corrected chi connectivity index (χ1v) is 14.1. The average molecular weight is 537 g/mol. The lowest BCUT2D eigenvalue weighted by atomic mass is 9.96. The summed E-state index contributed by atoms with van der Waals surface area (Å²) >= 11 is 9.59. The molecule has 0 radical (unpaired) electrons. The van der Waals surface area contributed by atoms with Crippen molar-refractivity contribution in [3.8, 4) is 5.69 Å². The molecular weight excluding hydrogens is 512 g/mol. The predicted octanol–water partition coefficient (Wildman–Crippen LogP) is 6.45. The molecule has 0 saturated carbocycles. The average Bonchev–Trinajstić information content (AvgIpc) is 3.45. The molecule has 36 heavy (non-hydrogen) atoms. The third-order valence-corrected chi connectivity index (χ3v) is 9.20. The van der Waals surface area contributed by atoms with E-state index in [1.54, 1.807) is 27.7 Å². The first-order chi connectivity index (χ1) is 17.4. The highest BCUT2D eigenvalue weighted by Gasteiger charge is 2.30. The van der Waals surface area contributed by atoms with Gasteiger partial charge in [-0.2, -0.15) is 0 Å². The highest BCUT2D eigenvalue weighted by atomic mass is 35.5. The fourth-order valence-corrected chi connectivity index (χ4v) is 7.24. The van der Waals surface area contributed by atoms with E-state index in [9.17, 15) is 4.79 Å². The fourth-order valence-electron chi connectivity index (χ4n) is 4.72. The van der Waals surface area contributed by atoms with E-state index >= 15 is 0 Å². The van der Waals surface area contributed by atoms with Gasteiger partial charge in [-0.3, -0.25) is 4.79 Å². The second-order valence-electron chi connectivity index (χ2n) is 9.46. The summed E-state index contributed by atoms with van der Waals surface area (Å²) in [5, 5.41) is 11.3. The van der Waals surface area contributed by atoms with Crippen LogP contribution in [0.15, 0.2) is 58.5 Å². The predicted molar refractivity (Wildman–Crippen MR) is 147 cm³/mol. The molecule has 6 rings (SSSR count). The number of halogens is 1. The van der Waals surface area contributed by atoms with Gasteiger partial charge in [-0.15, -0.1) is 21.5 Å². The van der Waals surface area contributed by atoms with E-state index in [0.717, 1.165) is 54.1 Å². The number of aromatic nitrogens is 4. The minimum Gasteiger partial charge on any atom is -0.372 e. The molecular formula is C27H25ClN4O2S2. The first-order valence-electron chi connectivity index (χ1n) is 11.9. The zero-order chi connectivity index (χ0) is 25.0. The standard InChI is InChI=1S/C27H25ClN4O2S2/c1-15(2)21-12-19-22(13-34-21)36-25-23(19)24(33)31(18-9-6-7-16(3)11-18)26-29-30-27(32(25)26)35-14-17-8-4-5-10-20(17)28/h4-11,15,21H,12-14H2,1-3H3/t21-/m1/s1. The van der Waals surface area contributed by atoms with Crippen molar-refractivity contribution >= 4 is 50.7 Å². The van der Waals surface area contributed by atoms with Crippen molar-refractivity contribution in [1.29, 1.82) is 0 Å². The molecule has 3 aromatic heterocycles. The summed E-state index contributed by atoms with van der Waals surface area (Å²) in [5.74, 6) is 1.53. The van der Waals surface area contributed by atoms with Crippen molar-refractivity contribution in [2.75, 3.05) is 0 Å². The molecule has 1 aliphatic rings. The van der Waals surface area contributed by atoms with Gasteiger partial charge in [0.05, 0.1) is 23.8 Å². The molecule has 4 heterocycles. The molecule has 0 aliphatic carbocycles. The Bertz CT molecular complexity index is 1670. The number of thioether (sulfide) groups is 1. The second kappa shape index (κ2) is 9.34. The topological polar surface area (TPSA) is 61.4 Å². The number of benzene rings is 2. The Morgan fingerprint density at radius 2 is 2.03 bits per heavy atom.